The highest BCUT2D eigenvalue weighted by atomic mass is 16.5. The van der Waals surface area contributed by atoms with Gasteiger partial charge in [-0.2, -0.15) is 0 Å². The summed E-state index contributed by atoms with van der Waals surface area (Å²) in [4.78, 5) is 36.6. The van der Waals surface area contributed by atoms with Crippen LogP contribution in [0, 0.1) is 5.92 Å². The van der Waals surface area contributed by atoms with Crippen LogP contribution in [0.1, 0.15) is 46.9 Å². The summed E-state index contributed by atoms with van der Waals surface area (Å²) in [6, 6.07) is 16.5. The van der Waals surface area contributed by atoms with Crippen molar-refractivity contribution in [1.29, 1.82) is 0 Å². The second-order valence-electron chi connectivity index (χ2n) is 8.66. The zero-order chi connectivity index (χ0) is 23.7. The first-order chi connectivity index (χ1) is 16.5. The molecule has 1 saturated carbocycles. The van der Waals surface area contributed by atoms with E-state index in [0.717, 1.165) is 35.1 Å². The van der Waals surface area contributed by atoms with E-state index in [4.69, 9.17) is 9.15 Å². The van der Waals surface area contributed by atoms with E-state index in [9.17, 15) is 19.5 Å². The van der Waals surface area contributed by atoms with Crippen LogP contribution in [-0.4, -0.2) is 35.7 Å². The molecule has 1 fully saturated rings. The van der Waals surface area contributed by atoms with Crippen molar-refractivity contribution in [3.63, 3.8) is 0 Å². The molecule has 0 unspecified atom stereocenters. The molecule has 5 rings (SSSR count). The van der Waals surface area contributed by atoms with E-state index >= 15 is 0 Å². The zero-order valence-corrected chi connectivity index (χ0v) is 18.3. The number of hydrogen-bond acceptors (Lipinski definition) is 5. The summed E-state index contributed by atoms with van der Waals surface area (Å²) in [7, 11) is 0. The minimum Gasteiger partial charge on any atom is -0.480 e. The number of carbonyl (C=O) groups is 3. The number of carboxylic acids is 1. The Morgan fingerprint density at radius 1 is 1.00 bits per heavy atom. The van der Waals surface area contributed by atoms with Gasteiger partial charge < -0.3 is 19.6 Å². The molecule has 0 aliphatic heterocycles. The van der Waals surface area contributed by atoms with E-state index in [0.29, 0.717) is 12.3 Å². The van der Waals surface area contributed by atoms with Crippen molar-refractivity contribution >= 4 is 23.7 Å². The number of benzene rings is 2. The van der Waals surface area contributed by atoms with Gasteiger partial charge in [0.15, 0.2) is 0 Å². The number of carbonyl (C=O) groups excluding carboxylic acids is 2. The van der Waals surface area contributed by atoms with Crippen molar-refractivity contribution in [2.45, 2.75) is 31.2 Å². The summed E-state index contributed by atoms with van der Waals surface area (Å²) < 4.78 is 10.7. The summed E-state index contributed by atoms with van der Waals surface area (Å²) in [6.07, 6.45) is 2.83. The summed E-state index contributed by atoms with van der Waals surface area (Å²) in [5.74, 6) is -1.75. The van der Waals surface area contributed by atoms with Gasteiger partial charge in [-0.3, -0.25) is 10.1 Å². The maximum atomic E-state index is 12.6. The van der Waals surface area contributed by atoms with Gasteiger partial charge in [0.05, 0.1) is 12.0 Å². The molecule has 8 heteroatoms. The predicted octanol–water partition coefficient (Wildman–Crippen LogP) is 4.62. The Hall–Kier alpha value is -4.07. The van der Waals surface area contributed by atoms with Gasteiger partial charge in [0, 0.05) is 12.0 Å². The lowest BCUT2D eigenvalue weighted by atomic mass is 9.98. The molecular weight excluding hydrogens is 436 g/mol. The first-order valence-corrected chi connectivity index (χ1v) is 11.2. The Kier molecular flexibility index (Phi) is 5.79. The van der Waals surface area contributed by atoms with E-state index in [1.54, 1.807) is 0 Å². The molecule has 0 spiro atoms. The monoisotopic (exact) mass is 460 g/mol. The van der Waals surface area contributed by atoms with Crippen molar-refractivity contribution in [2.75, 3.05) is 11.9 Å². The van der Waals surface area contributed by atoms with E-state index in [2.05, 4.69) is 22.8 Å². The maximum absolute atomic E-state index is 12.6. The molecule has 0 radical (unpaired) electrons. The Morgan fingerprint density at radius 2 is 1.65 bits per heavy atom. The molecule has 3 N–H and O–H groups in total. The average molecular weight is 460 g/mol. The number of carboxylic acid groups (broad SMARTS) is 1. The van der Waals surface area contributed by atoms with Crippen molar-refractivity contribution in [3.8, 4) is 11.1 Å². The Balaban J connectivity index is 1.23. The third-order valence-electron chi connectivity index (χ3n) is 6.32. The molecular formula is C26H24N2O6. The van der Waals surface area contributed by atoms with Gasteiger partial charge in [-0.1, -0.05) is 61.4 Å². The standard InChI is InChI=1S/C26H24N2O6/c29-24(27-22(25(30)31)13-15-9-10-15)23-21(11-12-33-23)28-26(32)34-14-20-18-7-3-1-5-16(18)17-6-2-4-8-19(17)20/h1-8,11-12,15,20,22H,9-10,13-14H2,(H,27,29)(H,28,32)(H,30,31)/t22-/m0/s1. The maximum Gasteiger partial charge on any atom is 0.411 e. The van der Waals surface area contributed by atoms with Gasteiger partial charge in [-0.05, 0) is 34.6 Å². The first-order valence-electron chi connectivity index (χ1n) is 11.2. The number of rotatable bonds is 8. The number of fused-ring (bicyclic) bond motifs is 3. The number of ether oxygens (including phenoxy) is 1. The summed E-state index contributed by atoms with van der Waals surface area (Å²) >= 11 is 0. The average Bonchev–Trinajstić information content (AvgIpc) is 3.43. The van der Waals surface area contributed by atoms with Crippen LogP contribution in [0.3, 0.4) is 0 Å². The van der Waals surface area contributed by atoms with Crippen LogP contribution in [0.15, 0.2) is 65.3 Å². The first kappa shape index (κ1) is 21.8. The van der Waals surface area contributed by atoms with E-state index in [-0.39, 0.29) is 24.0 Å². The van der Waals surface area contributed by atoms with Crippen LogP contribution in [-0.2, 0) is 9.53 Å². The molecule has 174 valence electrons. The largest absolute Gasteiger partial charge is 0.480 e. The van der Waals surface area contributed by atoms with Crippen LogP contribution in [0.4, 0.5) is 10.5 Å². The fourth-order valence-corrected chi connectivity index (χ4v) is 4.46. The van der Waals surface area contributed by atoms with Crippen molar-refractivity contribution in [3.05, 3.63) is 77.7 Å². The number of furan rings is 1. The molecule has 2 aromatic carbocycles. The topological polar surface area (TPSA) is 118 Å². The van der Waals surface area contributed by atoms with Gasteiger partial charge >= 0.3 is 12.1 Å². The van der Waals surface area contributed by atoms with E-state index in [1.807, 2.05) is 36.4 Å². The summed E-state index contributed by atoms with van der Waals surface area (Å²) in [5.41, 5.74) is 4.55. The molecule has 2 aliphatic rings. The molecule has 1 heterocycles. The normalized spacial score (nSPS) is 15.2. The highest BCUT2D eigenvalue weighted by Gasteiger charge is 2.32. The lowest BCUT2D eigenvalue weighted by Crippen LogP contribution is -2.41. The lowest BCUT2D eigenvalue weighted by Gasteiger charge is -2.15. The van der Waals surface area contributed by atoms with Crippen LogP contribution in [0.2, 0.25) is 0 Å². The minimum atomic E-state index is -1.10. The number of aliphatic carboxylic acids is 1. The summed E-state index contributed by atoms with van der Waals surface area (Å²) in [6.45, 7) is 0.127. The molecule has 0 bridgehead atoms. The van der Waals surface area contributed by atoms with Crippen LogP contribution < -0.4 is 10.6 Å². The molecule has 34 heavy (non-hydrogen) atoms. The molecule has 1 aromatic heterocycles. The molecule has 8 nitrogen and oxygen atoms in total. The SMILES string of the molecule is O=C(Nc1ccoc1C(=O)N[C@@H](CC1CC1)C(=O)O)OCC1c2ccccc2-c2ccccc21. The number of amides is 2. The van der Waals surface area contributed by atoms with Crippen molar-refractivity contribution in [1.82, 2.24) is 5.32 Å². The smallest absolute Gasteiger partial charge is 0.411 e. The number of anilines is 1. The van der Waals surface area contributed by atoms with E-state index < -0.39 is 24.0 Å². The van der Waals surface area contributed by atoms with Crippen LogP contribution in [0.25, 0.3) is 11.1 Å². The second kappa shape index (κ2) is 9.05. The molecule has 2 amide bonds. The molecule has 3 aromatic rings. The molecule has 2 aliphatic carbocycles. The van der Waals surface area contributed by atoms with Gasteiger partial charge in [-0.15, -0.1) is 0 Å². The summed E-state index contributed by atoms with van der Waals surface area (Å²) in [5, 5.41) is 14.4. The molecule has 1 atom stereocenters. The third kappa shape index (κ3) is 4.39. The fraction of sp³-hybridized carbons (Fsp3) is 0.269. The van der Waals surface area contributed by atoms with Gasteiger partial charge in [-0.25, -0.2) is 9.59 Å². The van der Waals surface area contributed by atoms with Crippen LogP contribution >= 0.6 is 0 Å². The van der Waals surface area contributed by atoms with E-state index in [1.165, 1.54) is 12.3 Å². The Bertz CT molecular complexity index is 1200. The predicted molar refractivity (Wildman–Crippen MR) is 124 cm³/mol. The molecule has 0 saturated heterocycles. The minimum absolute atomic E-state index is 0.0935. The van der Waals surface area contributed by atoms with Crippen LogP contribution in [0.5, 0.6) is 0 Å². The lowest BCUT2D eigenvalue weighted by molar-refractivity contribution is -0.139. The zero-order valence-electron chi connectivity index (χ0n) is 18.3. The van der Waals surface area contributed by atoms with Crippen molar-refractivity contribution < 1.29 is 28.6 Å². The van der Waals surface area contributed by atoms with Crippen molar-refractivity contribution in [2.24, 2.45) is 5.92 Å². The third-order valence-corrected chi connectivity index (χ3v) is 6.32. The Morgan fingerprint density at radius 3 is 2.26 bits per heavy atom. The quantitative estimate of drug-likeness (QED) is 0.451. The van der Waals surface area contributed by atoms with Gasteiger partial charge in [0.2, 0.25) is 5.76 Å². The highest BCUT2D eigenvalue weighted by Crippen LogP contribution is 2.44. The fourth-order valence-electron chi connectivity index (χ4n) is 4.46. The van der Waals surface area contributed by atoms with Gasteiger partial charge in [0.1, 0.15) is 12.6 Å². The highest BCUT2D eigenvalue weighted by molar-refractivity contribution is 6.01. The number of nitrogens with one attached hydrogen (secondary N) is 2. The second-order valence-corrected chi connectivity index (χ2v) is 8.66. The van der Waals surface area contributed by atoms with Gasteiger partial charge in [0.25, 0.3) is 5.91 Å². The number of hydrogen-bond donors (Lipinski definition) is 3. The Labute approximate surface area is 195 Å².